The number of ether oxygens (including phenoxy) is 1. The molecule has 0 radical (unpaired) electrons. The first-order chi connectivity index (χ1) is 8.90. The first kappa shape index (κ1) is 15.5. The fourth-order valence-corrected chi connectivity index (χ4v) is 2.60. The molecule has 2 N–H and O–H groups in total. The number of methoxy groups -OCH3 is 1. The highest BCUT2D eigenvalue weighted by Crippen LogP contribution is 2.27. The molecule has 6 nitrogen and oxygen atoms in total. The zero-order chi connectivity index (χ0) is 14.5. The topological polar surface area (TPSA) is 84.5 Å². The minimum Gasteiger partial charge on any atom is -0.495 e. The number of rotatable bonds is 6. The summed E-state index contributed by atoms with van der Waals surface area (Å²) in [6.07, 6.45) is 0.709. The maximum absolute atomic E-state index is 11.9. The van der Waals surface area contributed by atoms with Crippen LogP contribution in [0.4, 0.5) is 5.69 Å². The Morgan fingerprint density at radius 2 is 2.05 bits per heavy atom. The predicted molar refractivity (Wildman–Crippen MR) is 72.8 cm³/mol. The van der Waals surface area contributed by atoms with Gasteiger partial charge in [-0.2, -0.15) is 0 Å². The van der Waals surface area contributed by atoms with Crippen LogP contribution in [-0.4, -0.2) is 28.0 Å². The zero-order valence-corrected chi connectivity index (χ0v) is 12.0. The standard InChI is InChI=1S/C12H18N2O4S/c1-4-7-13-19(16,17)10-5-6-11(14-9(2)15)12(8-10)18-3/h5-6,8,13H,4,7H2,1-3H3,(H,14,15). The van der Waals surface area contributed by atoms with Crippen LogP contribution in [0.2, 0.25) is 0 Å². The molecule has 0 saturated heterocycles. The summed E-state index contributed by atoms with van der Waals surface area (Å²) < 4.78 is 31.4. The Bertz CT molecular complexity index is 555. The van der Waals surface area contributed by atoms with E-state index in [1.54, 1.807) is 0 Å². The number of benzene rings is 1. The Kier molecular flexibility index (Phi) is 5.31. The third-order valence-electron chi connectivity index (χ3n) is 2.34. The lowest BCUT2D eigenvalue weighted by Gasteiger charge is -2.11. The number of nitrogens with one attached hydrogen (secondary N) is 2. The fourth-order valence-electron chi connectivity index (χ4n) is 1.45. The first-order valence-corrected chi connectivity index (χ1v) is 7.34. The number of amides is 1. The highest BCUT2D eigenvalue weighted by Gasteiger charge is 2.16. The van der Waals surface area contributed by atoms with Gasteiger partial charge in [0.2, 0.25) is 15.9 Å². The molecule has 0 atom stereocenters. The fraction of sp³-hybridized carbons (Fsp3) is 0.417. The SMILES string of the molecule is CCCNS(=O)(=O)c1ccc(NC(C)=O)c(OC)c1. The van der Waals surface area contributed by atoms with Gasteiger partial charge in [0.25, 0.3) is 0 Å². The smallest absolute Gasteiger partial charge is 0.240 e. The van der Waals surface area contributed by atoms with Gasteiger partial charge in [-0.15, -0.1) is 0 Å². The van der Waals surface area contributed by atoms with Crippen molar-refractivity contribution in [2.45, 2.75) is 25.2 Å². The lowest BCUT2D eigenvalue weighted by Crippen LogP contribution is -2.24. The molecule has 19 heavy (non-hydrogen) atoms. The maximum atomic E-state index is 11.9. The van der Waals surface area contributed by atoms with Crippen LogP contribution in [0.1, 0.15) is 20.3 Å². The Hall–Kier alpha value is -1.60. The van der Waals surface area contributed by atoms with Crippen molar-refractivity contribution in [1.29, 1.82) is 0 Å². The monoisotopic (exact) mass is 286 g/mol. The molecule has 0 aliphatic rings. The Balaban J connectivity index is 3.09. The average Bonchev–Trinajstić information content (AvgIpc) is 2.36. The number of anilines is 1. The Morgan fingerprint density at radius 1 is 1.37 bits per heavy atom. The number of carbonyl (C=O) groups excluding carboxylic acids is 1. The van der Waals surface area contributed by atoms with E-state index >= 15 is 0 Å². The van der Waals surface area contributed by atoms with Crippen molar-refractivity contribution in [3.8, 4) is 5.75 Å². The van der Waals surface area contributed by atoms with Crippen LogP contribution >= 0.6 is 0 Å². The molecule has 0 heterocycles. The molecule has 7 heteroatoms. The summed E-state index contributed by atoms with van der Waals surface area (Å²) in [7, 11) is -2.13. The van der Waals surface area contributed by atoms with Gasteiger partial charge in [-0.1, -0.05) is 6.92 Å². The van der Waals surface area contributed by atoms with Crippen LogP contribution in [0.15, 0.2) is 23.1 Å². The van der Waals surface area contributed by atoms with Crippen molar-refractivity contribution in [3.05, 3.63) is 18.2 Å². The Morgan fingerprint density at radius 3 is 2.58 bits per heavy atom. The third kappa shape index (κ3) is 4.22. The van der Waals surface area contributed by atoms with E-state index in [4.69, 9.17) is 4.74 Å². The van der Waals surface area contributed by atoms with Gasteiger partial charge in [0, 0.05) is 19.5 Å². The van der Waals surface area contributed by atoms with Gasteiger partial charge in [-0.3, -0.25) is 4.79 Å². The minimum atomic E-state index is -3.54. The summed E-state index contributed by atoms with van der Waals surface area (Å²) in [5.74, 6) is 0.0487. The van der Waals surface area contributed by atoms with E-state index in [0.29, 0.717) is 24.4 Å². The molecule has 1 amide bonds. The van der Waals surface area contributed by atoms with Crippen molar-refractivity contribution in [1.82, 2.24) is 4.72 Å². The number of hydrogen-bond acceptors (Lipinski definition) is 4. The van der Waals surface area contributed by atoms with Crippen LogP contribution < -0.4 is 14.8 Å². The molecule has 0 aliphatic carbocycles. The molecule has 0 saturated carbocycles. The second-order valence-electron chi connectivity index (χ2n) is 3.94. The summed E-state index contributed by atoms with van der Waals surface area (Å²) >= 11 is 0. The van der Waals surface area contributed by atoms with Crippen LogP contribution in [0.3, 0.4) is 0 Å². The summed E-state index contributed by atoms with van der Waals surface area (Å²) in [6.45, 7) is 3.62. The lowest BCUT2D eigenvalue weighted by molar-refractivity contribution is -0.114. The van der Waals surface area contributed by atoms with Gasteiger partial charge in [-0.05, 0) is 18.6 Å². The summed E-state index contributed by atoms with van der Waals surface area (Å²) in [6, 6.07) is 4.30. The second-order valence-corrected chi connectivity index (χ2v) is 5.71. The van der Waals surface area contributed by atoms with Crippen molar-refractivity contribution >= 4 is 21.6 Å². The van der Waals surface area contributed by atoms with Crippen molar-refractivity contribution in [3.63, 3.8) is 0 Å². The van der Waals surface area contributed by atoms with Crippen LogP contribution in [0, 0.1) is 0 Å². The van der Waals surface area contributed by atoms with Crippen LogP contribution in [0.5, 0.6) is 5.75 Å². The van der Waals surface area contributed by atoms with Crippen molar-refractivity contribution in [2.75, 3.05) is 19.0 Å². The molecule has 1 aromatic rings. The van der Waals surface area contributed by atoms with Crippen LogP contribution in [0.25, 0.3) is 0 Å². The van der Waals surface area contributed by atoms with E-state index in [0.717, 1.165) is 0 Å². The number of sulfonamides is 1. The minimum absolute atomic E-state index is 0.104. The molecule has 0 fully saturated rings. The average molecular weight is 286 g/mol. The van der Waals surface area contributed by atoms with Gasteiger partial charge < -0.3 is 10.1 Å². The maximum Gasteiger partial charge on any atom is 0.240 e. The zero-order valence-electron chi connectivity index (χ0n) is 11.2. The van der Waals surface area contributed by atoms with E-state index in [1.165, 1.54) is 32.2 Å². The quantitative estimate of drug-likeness (QED) is 0.826. The first-order valence-electron chi connectivity index (χ1n) is 5.86. The Labute approximate surface area is 113 Å². The highest BCUT2D eigenvalue weighted by molar-refractivity contribution is 7.89. The largest absolute Gasteiger partial charge is 0.495 e. The molecule has 0 unspecified atom stereocenters. The van der Waals surface area contributed by atoms with E-state index in [1.807, 2.05) is 6.92 Å². The van der Waals surface area contributed by atoms with E-state index in [2.05, 4.69) is 10.0 Å². The normalized spacial score (nSPS) is 11.1. The molecule has 0 spiro atoms. The van der Waals surface area contributed by atoms with Crippen molar-refractivity contribution in [2.24, 2.45) is 0 Å². The molecule has 106 valence electrons. The summed E-state index contributed by atoms with van der Waals surface area (Å²) in [4.78, 5) is 11.1. The lowest BCUT2D eigenvalue weighted by atomic mass is 10.3. The van der Waals surface area contributed by atoms with Gasteiger partial charge in [0.15, 0.2) is 0 Å². The second kappa shape index (κ2) is 6.53. The highest BCUT2D eigenvalue weighted by atomic mass is 32.2. The molecule has 1 rings (SSSR count). The summed E-state index contributed by atoms with van der Waals surface area (Å²) in [5, 5.41) is 2.57. The molecular formula is C12H18N2O4S. The van der Waals surface area contributed by atoms with Crippen LogP contribution in [-0.2, 0) is 14.8 Å². The molecule has 0 aliphatic heterocycles. The molecule has 1 aromatic carbocycles. The molecular weight excluding hydrogens is 268 g/mol. The molecule has 0 aromatic heterocycles. The number of carbonyl (C=O) groups is 1. The van der Waals surface area contributed by atoms with E-state index in [9.17, 15) is 13.2 Å². The molecule has 0 bridgehead atoms. The predicted octanol–water partition coefficient (Wildman–Crippen LogP) is 1.34. The number of hydrogen-bond donors (Lipinski definition) is 2. The van der Waals surface area contributed by atoms with Crippen molar-refractivity contribution < 1.29 is 17.9 Å². The van der Waals surface area contributed by atoms with Gasteiger partial charge in [0.1, 0.15) is 5.75 Å². The van der Waals surface area contributed by atoms with E-state index < -0.39 is 10.0 Å². The summed E-state index contributed by atoms with van der Waals surface area (Å²) in [5.41, 5.74) is 0.435. The van der Waals surface area contributed by atoms with Gasteiger partial charge in [0.05, 0.1) is 17.7 Å². The van der Waals surface area contributed by atoms with E-state index in [-0.39, 0.29) is 10.8 Å². The van der Waals surface area contributed by atoms with Gasteiger partial charge >= 0.3 is 0 Å². The third-order valence-corrected chi connectivity index (χ3v) is 3.79. The van der Waals surface area contributed by atoms with Gasteiger partial charge in [-0.25, -0.2) is 13.1 Å².